The van der Waals surface area contributed by atoms with Crippen LogP contribution in [0.25, 0.3) is 0 Å². The molecule has 1 atom stereocenters. The van der Waals surface area contributed by atoms with Gasteiger partial charge in [0.1, 0.15) is 17.8 Å². The van der Waals surface area contributed by atoms with Crippen LogP contribution in [-0.2, 0) is 6.54 Å². The number of aryl methyl sites for hydroxylation is 1. The van der Waals surface area contributed by atoms with E-state index in [9.17, 15) is 4.79 Å². The van der Waals surface area contributed by atoms with Crippen molar-refractivity contribution in [1.82, 2.24) is 29.6 Å². The average molecular weight is 326 g/mol. The first-order valence-electron chi connectivity index (χ1n) is 8.66. The molecule has 24 heavy (non-hydrogen) atoms. The maximum Gasteiger partial charge on any atom is 0.274 e. The van der Waals surface area contributed by atoms with Gasteiger partial charge in [0.25, 0.3) is 5.91 Å². The maximum atomic E-state index is 12.8. The molecule has 0 bridgehead atoms. The zero-order valence-electron chi connectivity index (χ0n) is 13.9. The second-order valence-corrected chi connectivity index (χ2v) is 6.93. The SMILES string of the molecule is CCCn1cnnc1C1CN(C(=O)c2cnccn2)CC12CCC2. The van der Waals surface area contributed by atoms with Crippen molar-refractivity contribution in [1.29, 1.82) is 0 Å². The molecule has 1 amide bonds. The van der Waals surface area contributed by atoms with E-state index in [1.165, 1.54) is 6.42 Å². The van der Waals surface area contributed by atoms with Gasteiger partial charge < -0.3 is 9.47 Å². The van der Waals surface area contributed by atoms with Crippen molar-refractivity contribution in [3.05, 3.63) is 36.4 Å². The highest BCUT2D eigenvalue weighted by Crippen LogP contribution is 2.55. The molecule has 3 heterocycles. The van der Waals surface area contributed by atoms with Crippen LogP contribution in [0.1, 0.15) is 54.8 Å². The van der Waals surface area contributed by atoms with Gasteiger partial charge in [-0.25, -0.2) is 4.98 Å². The minimum Gasteiger partial charge on any atom is -0.336 e. The van der Waals surface area contributed by atoms with Gasteiger partial charge in [0, 0.05) is 37.9 Å². The Morgan fingerprint density at radius 3 is 2.92 bits per heavy atom. The Hall–Kier alpha value is -2.31. The number of likely N-dealkylation sites (tertiary alicyclic amines) is 1. The molecule has 2 fully saturated rings. The molecule has 0 aromatic carbocycles. The van der Waals surface area contributed by atoms with E-state index in [0.717, 1.165) is 38.2 Å². The highest BCUT2D eigenvalue weighted by atomic mass is 16.2. The summed E-state index contributed by atoms with van der Waals surface area (Å²) in [6.07, 6.45) is 11.1. The van der Waals surface area contributed by atoms with Gasteiger partial charge in [0.15, 0.2) is 0 Å². The van der Waals surface area contributed by atoms with Crippen LogP contribution in [0, 0.1) is 5.41 Å². The zero-order valence-corrected chi connectivity index (χ0v) is 13.9. The molecule has 1 aliphatic heterocycles. The Kier molecular flexibility index (Phi) is 3.78. The first-order valence-corrected chi connectivity index (χ1v) is 8.66. The van der Waals surface area contributed by atoms with Crippen molar-refractivity contribution in [3.8, 4) is 0 Å². The first kappa shape index (κ1) is 15.2. The molecular formula is C17H22N6O. The molecule has 1 saturated heterocycles. The Bertz CT molecular complexity index is 724. The molecule has 2 aromatic rings. The van der Waals surface area contributed by atoms with Crippen LogP contribution < -0.4 is 0 Å². The van der Waals surface area contributed by atoms with E-state index in [1.54, 1.807) is 18.6 Å². The Morgan fingerprint density at radius 2 is 2.25 bits per heavy atom. The Balaban J connectivity index is 1.61. The maximum absolute atomic E-state index is 12.8. The van der Waals surface area contributed by atoms with Crippen LogP contribution in [0.4, 0.5) is 0 Å². The van der Waals surface area contributed by atoms with Gasteiger partial charge in [-0.2, -0.15) is 0 Å². The van der Waals surface area contributed by atoms with Crippen LogP contribution in [0.2, 0.25) is 0 Å². The molecule has 1 unspecified atom stereocenters. The standard InChI is InChI=1S/C17H22N6O/c1-2-8-22-12-20-21-15(22)13-10-23(11-17(13)4-3-5-17)16(24)14-9-18-6-7-19-14/h6-7,9,12-13H,2-5,8,10-11H2,1H3. The van der Waals surface area contributed by atoms with Crippen LogP contribution in [0.15, 0.2) is 24.9 Å². The number of nitrogens with zero attached hydrogens (tertiary/aromatic N) is 6. The molecule has 2 aliphatic rings. The minimum absolute atomic E-state index is 0.0292. The van der Waals surface area contributed by atoms with Gasteiger partial charge in [0.2, 0.25) is 0 Å². The molecular weight excluding hydrogens is 304 g/mol. The fraction of sp³-hybridized carbons (Fsp3) is 0.588. The van der Waals surface area contributed by atoms with Gasteiger partial charge >= 0.3 is 0 Å². The predicted octanol–water partition coefficient (Wildman–Crippen LogP) is 1.89. The van der Waals surface area contributed by atoms with Crippen molar-refractivity contribution in [2.24, 2.45) is 5.41 Å². The Morgan fingerprint density at radius 1 is 1.38 bits per heavy atom. The van der Waals surface area contributed by atoms with Gasteiger partial charge in [-0.15, -0.1) is 10.2 Å². The molecule has 1 saturated carbocycles. The van der Waals surface area contributed by atoms with E-state index in [1.807, 2.05) is 11.2 Å². The van der Waals surface area contributed by atoms with Gasteiger partial charge in [-0.3, -0.25) is 9.78 Å². The lowest BCUT2D eigenvalue weighted by Crippen LogP contribution is -2.38. The topological polar surface area (TPSA) is 76.8 Å². The van der Waals surface area contributed by atoms with E-state index in [2.05, 4.69) is 31.7 Å². The summed E-state index contributed by atoms with van der Waals surface area (Å²) in [7, 11) is 0. The molecule has 4 rings (SSSR count). The van der Waals surface area contributed by atoms with Crippen LogP contribution in [0.5, 0.6) is 0 Å². The molecule has 2 aromatic heterocycles. The number of rotatable bonds is 4. The highest BCUT2D eigenvalue weighted by Gasteiger charge is 2.53. The summed E-state index contributed by atoms with van der Waals surface area (Å²) in [5, 5.41) is 8.53. The summed E-state index contributed by atoms with van der Waals surface area (Å²) < 4.78 is 2.15. The van der Waals surface area contributed by atoms with Crippen LogP contribution >= 0.6 is 0 Å². The van der Waals surface area contributed by atoms with Gasteiger partial charge in [0.05, 0.1) is 6.20 Å². The number of hydrogen-bond donors (Lipinski definition) is 0. The second-order valence-electron chi connectivity index (χ2n) is 6.93. The van der Waals surface area contributed by atoms with E-state index in [0.29, 0.717) is 12.2 Å². The van der Waals surface area contributed by atoms with Gasteiger partial charge in [-0.05, 0) is 24.7 Å². The zero-order chi connectivity index (χ0) is 16.6. The molecule has 7 nitrogen and oxygen atoms in total. The monoisotopic (exact) mass is 326 g/mol. The molecule has 7 heteroatoms. The van der Waals surface area contributed by atoms with E-state index < -0.39 is 0 Å². The fourth-order valence-electron chi connectivity index (χ4n) is 4.14. The quantitative estimate of drug-likeness (QED) is 0.857. The molecule has 0 N–H and O–H groups in total. The number of carbonyl (C=O) groups is 1. The minimum atomic E-state index is -0.0292. The number of hydrogen-bond acceptors (Lipinski definition) is 5. The number of aromatic nitrogens is 5. The largest absolute Gasteiger partial charge is 0.336 e. The summed E-state index contributed by atoms with van der Waals surface area (Å²) in [4.78, 5) is 22.9. The molecule has 1 aliphatic carbocycles. The highest BCUT2D eigenvalue weighted by molar-refractivity contribution is 5.92. The van der Waals surface area contributed by atoms with Crippen molar-refractivity contribution in [2.75, 3.05) is 13.1 Å². The normalized spacial score (nSPS) is 21.9. The summed E-state index contributed by atoms with van der Waals surface area (Å²) >= 11 is 0. The van der Waals surface area contributed by atoms with Crippen LogP contribution in [0.3, 0.4) is 0 Å². The van der Waals surface area contributed by atoms with Crippen molar-refractivity contribution in [2.45, 2.75) is 45.1 Å². The smallest absolute Gasteiger partial charge is 0.274 e. The molecule has 1 spiro atoms. The third kappa shape index (κ3) is 2.39. The lowest BCUT2D eigenvalue weighted by Gasteiger charge is -2.42. The van der Waals surface area contributed by atoms with E-state index in [-0.39, 0.29) is 17.2 Å². The summed E-state index contributed by atoms with van der Waals surface area (Å²) in [6, 6.07) is 0. The van der Waals surface area contributed by atoms with Crippen molar-refractivity contribution < 1.29 is 4.79 Å². The second kappa shape index (κ2) is 5.96. The molecule has 0 radical (unpaired) electrons. The number of carbonyl (C=O) groups excluding carboxylic acids is 1. The van der Waals surface area contributed by atoms with E-state index in [4.69, 9.17) is 0 Å². The third-order valence-corrected chi connectivity index (χ3v) is 5.49. The predicted molar refractivity (Wildman–Crippen MR) is 87.3 cm³/mol. The lowest BCUT2D eigenvalue weighted by atomic mass is 9.62. The van der Waals surface area contributed by atoms with Crippen LogP contribution in [-0.4, -0.2) is 48.6 Å². The summed E-state index contributed by atoms with van der Waals surface area (Å²) in [5.74, 6) is 1.27. The first-order chi connectivity index (χ1) is 11.7. The van der Waals surface area contributed by atoms with Crippen molar-refractivity contribution >= 4 is 5.91 Å². The summed E-state index contributed by atoms with van der Waals surface area (Å²) in [5.41, 5.74) is 0.582. The average Bonchev–Trinajstić information content (AvgIpc) is 3.19. The lowest BCUT2D eigenvalue weighted by molar-refractivity contribution is 0.0717. The Labute approximate surface area is 141 Å². The fourth-order valence-corrected chi connectivity index (χ4v) is 4.14. The molecule has 126 valence electrons. The van der Waals surface area contributed by atoms with E-state index >= 15 is 0 Å². The van der Waals surface area contributed by atoms with Crippen molar-refractivity contribution in [3.63, 3.8) is 0 Å². The number of amides is 1. The van der Waals surface area contributed by atoms with Gasteiger partial charge in [-0.1, -0.05) is 13.3 Å². The summed E-state index contributed by atoms with van der Waals surface area (Å²) in [6.45, 7) is 4.55. The third-order valence-electron chi connectivity index (χ3n) is 5.49.